The van der Waals surface area contributed by atoms with Crippen LogP contribution in [0, 0.1) is 5.92 Å². The van der Waals surface area contributed by atoms with Gasteiger partial charge < -0.3 is 20.7 Å². The van der Waals surface area contributed by atoms with Crippen molar-refractivity contribution in [2.45, 2.75) is 52.2 Å². The lowest BCUT2D eigenvalue weighted by atomic mass is 10.1. The van der Waals surface area contributed by atoms with Gasteiger partial charge in [-0.2, -0.15) is 0 Å². The number of nitrogens with zero attached hydrogens (tertiary/aromatic N) is 1. The van der Waals surface area contributed by atoms with Crippen molar-refractivity contribution in [1.82, 2.24) is 10.2 Å². The Balaban J connectivity index is 1.74. The molecule has 6 heteroatoms. The molecule has 3 N–H and O–H groups in total. The standard InChI is InChI=1S/C19H29N3O3/c1-13(2)25-17-8-6-15(7-9-17)5-4-14(3)21-19(24)22-11-10-16(12-22)18(20)23/h6-9,13-14,16H,4-5,10-12H2,1-3H3,(H2,20,23)(H,21,24)/t14-,16-/m0/s1. The number of hydrogen-bond acceptors (Lipinski definition) is 3. The molecule has 0 aromatic heterocycles. The van der Waals surface area contributed by atoms with Crippen molar-refractivity contribution in [3.05, 3.63) is 29.8 Å². The summed E-state index contributed by atoms with van der Waals surface area (Å²) in [4.78, 5) is 25.1. The molecule has 1 aromatic rings. The summed E-state index contributed by atoms with van der Waals surface area (Å²) in [6.07, 6.45) is 2.55. The third kappa shape index (κ3) is 5.96. The molecule has 2 atom stereocenters. The third-order valence-corrected chi connectivity index (χ3v) is 4.41. The lowest BCUT2D eigenvalue weighted by molar-refractivity contribution is -0.121. The molecular formula is C19H29N3O3. The normalized spacial score (nSPS) is 18.2. The van der Waals surface area contributed by atoms with Gasteiger partial charge in [0.2, 0.25) is 5.91 Å². The van der Waals surface area contributed by atoms with Crippen LogP contribution in [0.1, 0.15) is 39.2 Å². The van der Waals surface area contributed by atoms with Crippen LogP contribution in [0.2, 0.25) is 0 Å². The van der Waals surface area contributed by atoms with Gasteiger partial charge >= 0.3 is 6.03 Å². The van der Waals surface area contributed by atoms with E-state index in [1.165, 1.54) is 5.56 Å². The number of aryl methyl sites for hydroxylation is 1. The first kappa shape index (κ1) is 19.1. The first-order chi connectivity index (χ1) is 11.8. The van der Waals surface area contributed by atoms with E-state index in [0.717, 1.165) is 18.6 Å². The van der Waals surface area contributed by atoms with Gasteiger partial charge in [0.25, 0.3) is 0 Å². The van der Waals surface area contributed by atoms with Crippen molar-refractivity contribution >= 4 is 11.9 Å². The highest BCUT2D eigenvalue weighted by Gasteiger charge is 2.29. The number of nitrogens with one attached hydrogen (secondary N) is 1. The molecule has 1 saturated heterocycles. The van der Waals surface area contributed by atoms with E-state index in [-0.39, 0.29) is 30.0 Å². The summed E-state index contributed by atoms with van der Waals surface area (Å²) in [7, 11) is 0. The van der Waals surface area contributed by atoms with Crippen LogP contribution in [0.5, 0.6) is 5.75 Å². The maximum absolute atomic E-state index is 12.2. The zero-order valence-corrected chi connectivity index (χ0v) is 15.3. The number of likely N-dealkylation sites (tertiary alicyclic amines) is 1. The van der Waals surface area contributed by atoms with Gasteiger partial charge in [0, 0.05) is 19.1 Å². The zero-order valence-electron chi connectivity index (χ0n) is 15.3. The van der Waals surface area contributed by atoms with Crippen molar-refractivity contribution in [3.63, 3.8) is 0 Å². The van der Waals surface area contributed by atoms with Crippen LogP contribution in [0.3, 0.4) is 0 Å². The maximum Gasteiger partial charge on any atom is 0.317 e. The number of amides is 3. The van der Waals surface area contributed by atoms with Gasteiger partial charge in [0.1, 0.15) is 5.75 Å². The smallest absolute Gasteiger partial charge is 0.317 e. The minimum atomic E-state index is -0.326. The quantitative estimate of drug-likeness (QED) is 0.794. The minimum Gasteiger partial charge on any atom is -0.491 e. The van der Waals surface area contributed by atoms with E-state index < -0.39 is 0 Å². The number of hydrogen-bond donors (Lipinski definition) is 2. The molecule has 25 heavy (non-hydrogen) atoms. The lowest BCUT2D eigenvalue weighted by Crippen LogP contribution is -2.43. The highest BCUT2D eigenvalue weighted by atomic mass is 16.5. The first-order valence-electron chi connectivity index (χ1n) is 8.95. The summed E-state index contributed by atoms with van der Waals surface area (Å²) in [6.45, 7) is 7.01. The van der Waals surface area contributed by atoms with E-state index in [9.17, 15) is 9.59 Å². The third-order valence-electron chi connectivity index (χ3n) is 4.41. The predicted octanol–water partition coefficient (Wildman–Crippen LogP) is 2.31. The number of urea groups is 1. The molecule has 0 aliphatic carbocycles. The molecule has 138 valence electrons. The van der Waals surface area contributed by atoms with Crippen LogP contribution in [0.15, 0.2) is 24.3 Å². The second kappa shape index (κ2) is 8.74. The van der Waals surface area contributed by atoms with Crippen LogP contribution in [-0.2, 0) is 11.2 Å². The van der Waals surface area contributed by atoms with Crippen molar-refractivity contribution in [3.8, 4) is 5.75 Å². The summed E-state index contributed by atoms with van der Waals surface area (Å²) in [5.41, 5.74) is 6.52. The van der Waals surface area contributed by atoms with E-state index in [0.29, 0.717) is 19.5 Å². The van der Waals surface area contributed by atoms with E-state index >= 15 is 0 Å². The van der Waals surface area contributed by atoms with Crippen LogP contribution < -0.4 is 15.8 Å². The maximum atomic E-state index is 12.2. The Kier molecular flexibility index (Phi) is 6.67. The Bertz CT molecular complexity index is 586. The number of carbonyl (C=O) groups is 2. The molecule has 0 unspecified atom stereocenters. The summed E-state index contributed by atoms with van der Waals surface area (Å²) in [6, 6.07) is 8.03. The Morgan fingerprint density at radius 1 is 1.28 bits per heavy atom. The van der Waals surface area contributed by atoms with Gasteiger partial charge in [0.15, 0.2) is 0 Å². The number of ether oxygens (including phenoxy) is 1. The second-order valence-electron chi connectivity index (χ2n) is 7.03. The molecule has 2 rings (SSSR count). The molecule has 1 aromatic carbocycles. The molecule has 0 saturated carbocycles. The fourth-order valence-electron chi connectivity index (χ4n) is 2.94. The molecule has 1 heterocycles. The summed E-state index contributed by atoms with van der Waals surface area (Å²) in [5, 5.41) is 3.00. The van der Waals surface area contributed by atoms with Gasteiger partial charge in [-0.1, -0.05) is 12.1 Å². The van der Waals surface area contributed by atoms with Crippen molar-refractivity contribution < 1.29 is 14.3 Å². The zero-order chi connectivity index (χ0) is 18.4. The van der Waals surface area contributed by atoms with Crippen molar-refractivity contribution in [2.24, 2.45) is 11.7 Å². The average Bonchev–Trinajstić information content (AvgIpc) is 3.04. The van der Waals surface area contributed by atoms with Crippen molar-refractivity contribution in [1.29, 1.82) is 0 Å². The highest BCUT2D eigenvalue weighted by molar-refractivity contribution is 5.80. The van der Waals surface area contributed by atoms with Gasteiger partial charge in [-0.25, -0.2) is 4.79 Å². The van der Waals surface area contributed by atoms with E-state index in [2.05, 4.69) is 17.4 Å². The minimum absolute atomic E-state index is 0.0618. The largest absolute Gasteiger partial charge is 0.491 e. The molecule has 3 amide bonds. The Morgan fingerprint density at radius 3 is 2.52 bits per heavy atom. The molecule has 0 bridgehead atoms. The van der Waals surface area contributed by atoms with E-state index in [1.807, 2.05) is 32.9 Å². The fourth-order valence-corrected chi connectivity index (χ4v) is 2.94. The molecule has 1 aliphatic rings. The number of benzene rings is 1. The van der Waals surface area contributed by atoms with Crippen LogP contribution in [0.25, 0.3) is 0 Å². The van der Waals surface area contributed by atoms with Gasteiger partial charge in [-0.05, 0) is 57.7 Å². The number of carbonyl (C=O) groups excluding carboxylic acids is 2. The van der Waals surface area contributed by atoms with Crippen LogP contribution in [0.4, 0.5) is 4.79 Å². The number of primary amides is 1. The van der Waals surface area contributed by atoms with Crippen LogP contribution in [-0.4, -0.2) is 42.1 Å². The van der Waals surface area contributed by atoms with Gasteiger partial charge in [-0.15, -0.1) is 0 Å². The number of nitrogens with two attached hydrogens (primary N) is 1. The number of rotatable bonds is 7. The topological polar surface area (TPSA) is 84.7 Å². The molecular weight excluding hydrogens is 318 g/mol. The SMILES string of the molecule is CC(C)Oc1ccc(CC[C@H](C)NC(=O)N2CC[C@H](C(N)=O)C2)cc1. The monoisotopic (exact) mass is 347 g/mol. The fraction of sp³-hybridized carbons (Fsp3) is 0.579. The van der Waals surface area contributed by atoms with Gasteiger partial charge in [0.05, 0.1) is 12.0 Å². The molecule has 1 aliphatic heterocycles. The summed E-state index contributed by atoms with van der Waals surface area (Å²) < 4.78 is 5.63. The van der Waals surface area contributed by atoms with E-state index in [4.69, 9.17) is 10.5 Å². The molecule has 6 nitrogen and oxygen atoms in total. The second-order valence-corrected chi connectivity index (χ2v) is 7.03. The van der Waals surface area contributed by atoms with Gasteiger partial charge in [-0.3, -0.25) is 4.79 Å². The highest BCUT2D eigenvalue weighted by Crippen LogP contribution is 2.17. The summed E-state index contributed by atoms with van der Waals surface area (Å²) >= 11 is 0. The summed E-state index contributed by atoms with van der Waals surface area (Å²) in [5.74, 6) is 0.332. The Morgan fingerprint density at radius 2 is 1.96 bits per heavy atom. The molecule has 0 spiro atoms. The molecule has 1 fully saturated rings. The predicted molar refractivity (Wildman–Crippen MR) is 97.4 cm³/mol. The van der Waals surface area contributed by atoms with Crippen molar-refractivity contribution in [2.75, 3.05) is 13.1 Å². The lowest BCUT2D eigenvalue weighted by Gasteiger charge is -2.21. The first-order valence-corrected chi connectivity index (χ1v) is 8.95. The van der Waals surface area contributed by atoms with Crippen LogP contribution >= 0.6 is 0 Å². The average molecular weight is 347 g/mol. The Labute approximate surface area is 149 Å². The Hall–Kier alpha value is -2.24. The molecule has 0 radical (unpaired) electrons. The van der Waals surface area contributed by atoms with E-state index in [1.54, 1.807) is 4.90 Å².